The van der Waals surface area contributed by atoms with Crippen LogP contribution in [0.1, 0.15) is 46.9 Å². The SMILES string of the molecule is O=C([C@@H]1[C@@H](CO)[C@@H]2Cn3c(ccc(C4=CCCC4)c3=O)[C@H]1N2C(=O)c1ccncc1)N1CCOCC1. The predicted octanol–water partition coefficient (Wildman–Crippen LogP) is 1.47. The monoisotopic (exact) mass is 490 g/mol. The maximum absolute atomic E-state index is 13.9. The van der Waals surface area contributed by atoms with E-state index in [2.05, 4.69) is 11.1 Å². The van der Waals surface area contributed by atoms with Crippen LogP contribution in [0.3, 0.4) is 0 Å². The van der Waals surface area contributed by atoms with E-state index < -0.39 is 23.9 Å². The number of morpholine rings is 1. The van der Waals surface area contributed by atoms with Crippen LogP contribution in [0.5, 0.6) is 0 Å². The number of nitrogens with zero attached hydrogens (tertiary/aromatic N) is 4. The van der Waals surface area contributed by atoms with Crippen LogP contribution in [0, 0.1) is 11.8 Å². The van der Waals surface area contributed by atoms with Crippen molar-refractivity contribution in [3.8, 4) is 0 Å². The summed E-state index contributed by atoms with van der Waals surface area (Å²) in [6, 6.07) is 5.95. The molecule has 2 aromatic rings. The molecule has 2 bridgehead atoms. The first-order valence-corrected chi connectivity index (χ1v) is 12.7. The molecule has 2 amide bonds. The highest BCUT2D eigenvalue weighted by molar-refractivity contribution is 5.96. The summed E-state index contributed by atoms with van der Waals surface area (Å²) in [5.74, 6) is -1.44. The van der Waals surface area contributed by atoms with Crippen molar-refractivity contribution in [2.24, 2.45) is 11.8 Å². The van der Waals surface area contributed by atoms with Gasteiger partial charge in [0.1, 0.15) is 0 Å². The lowest BCUT2D eigenvalue weighted by molar-refractivity contribution is -0.142. The fraction of sp³-hybridized carbons (Fsp3) is 0.481. The van der Waals surface area contributed by atoms with Gasteiger partial charge in [0, 0.05) is 61.4 Å². The molecular weight excluding hydrogens is 460 g/mol. The fourth-order valence-corrected chi connectivity index (χ4v) is 6.46. The molecule has 9 nitrogen and oxygen atoms in total. The highest BCUT2D eigenvalue weighted by Crippen LogP contribution is 2.49. The lowest BCUT2D eigenvalue weighted by atomic mass is 9.86. The third kappa shape index (κ3) is 3.60. The number of allylic oxidation sites excluding steroid dienone is 2. The molecule has 9 heteroatoms. The second-order valence-corrected chi connectivity index (χ2v) is 9.98. The Labute approximate surface area is 209 Å². The average molecular weight is 491 g/mol. The summed E-state index contributed by atoms with van der Waals surface area (Å²) >= 11 is 0. The van der Waals surface area contributed by atoms with E-state index in [-0.39, 0.29) is 30.5 Å². The number of rotatable bonds is 4. The van der Waals surface area contributed by atoms with E-state index in [4.69, 9.17) is 4.74 Å². The number of carbonyl (C=O) groups excluding carboxylic acids is 2. The minimum atomic E-state index is -0.645. The number of ether oxygens (including phenoxy) is 1. The number of aliphatic hydroxyl groups is 1. The summed E-state index contributed by atoms with van der Waals surface area (Å²) in [6.07, 6.45) is 8.16. The van der Waals surface area contributed by atoms with Crippen molar-refractivity contribution in [2.75, 3.05) is 32.9 Å². The van der Waals surface area contributed by atoms with E-state index in [1.807, 2.05) is 12.1 Å². The molecule has 1 N–H and O–H groups in total. The van der Waals surface area contributed by atoms with Gasteiger partial charge in [-0.1, -0.05) is 6.08 Å². The van der Waals surface area contributed by atoms with Crippen LogP contribution in [-0.2, 0) is 16.1 Å². The van der Waals surface area contributed by atoms with Gasteiger partial charge in [0.25, 0.3) is 11.5 Å². The summed E-state index contributed by atoms with van der Waals surface area (Å²) in [6.45, 7) is 1.88. The number of carbonyl (C=O) groups is 2. The summed E-state index contributed by atoms with van der Waals surface area (Å²) in [7, 11) is 0. The first kappa shape index (κ1) is 23.1. The molecule has 188 valence electrons. The third-order valence-electron chi connectivity index (χ3n) is 8.20. The van der Waals surface area contributed by atoms with E-state index in [1.165, 1.54) is 0 Å². The van der Waals surface area contributed by atoms with Crippen LogP contribution in [0.2, 0.25) is 0 Å². The highest BCUT2D eigenvalue weighted by Gasteiger charge is 2.58. The van der Waals surface area contributed by atoms with Crippen molar-refractivity contribution in [1.29, 1.82) is 0 Å². The van der Waals surface area contributed by atoms with Crippen molar-refractivity contribution in [3.05, 3.63) is 69.9 Å². The maximum Gasteiger partial charge on any atom is 0.258 e. The Kier molecular flexibility index (Phi) is 5.97. The summed E-state index contributed by atoms with van der Waals surface area (Å²) < 4.78 is 7.18. The standard InChI is InChI=1S/C27H30N4O5/c32-16-20-22-15-30-21(6-5-19(26(30)34)17-3-1-2-4-17)24(23(20)27(35)29-11-13-36-14-12-29)31(22)25(33)18-7-9-28-10-8-18/h3,5-10,20,22-24,32H,1-2,4,11-16H2/t20-,22-,23+,24+/m0/s1. The first-order valence-electron chi connectivity index (χ1n) is 12.7. The largest absolute Gasteiger partial charge is 0.396 e. The Balaban J connectivity index is 1.48. The summed E-state index contributed by atoms with van der Waals surface area (Å²) in [5, 5.41) is 10.5. The Morgan fingerprint density at radius 2 is 1.89 bits per heavy atom. The predicted molar refractivity (Wildman–Crippen MR) is 131 cm³/mol. The highest BCUT2D eigenvalue weighted by atomic mass is 16.5. The number of pyridine rings is 2. The van der Waals surface area contributed by atoms with Crippen molar-refractivity contribution >= 4 is 17.4 Å². The van der Waals surface area contributed by atoms with Gasteiger partial charge < -0.3 is 24.2 Å². The zero-order valence-corrected chi connectivity index (χ0v) is 20.1. The van der Waals surface area contributed by atoms with Gasteiger partial charge in [-0.3, -0.25) is 19.4 Å². The number of aliphatic hydroxyl groups excluding tert-OH is 1. The maximum atomic E-state index is 13.9. The minimum Gasteiger partial charge on any atom is -0.396 e. The van der Waals surface area contributed by atoms with Crippen molar-refractivity contribution < 1.29 is 19.4 Å². The van der Waals surface area contributed by atoms with Crippen LogP contribution in [0.25, 0.3) is 5.57 Å². The van der Waals surface area contributed by atoms with Gasteiger partial charge in [-0.15, -0.1) is 0 Å². The van der Waals surface area contributed by atoms with Crippen molar-refractivity contribution in [3.63, 3.8) is 0 Å². The van der Waals surface area contributed by atoms with Crippen LogP contribution >= 0.6 is 0 Å². The summed E-state index contributed by atoms with van der Waals surface area (Å²) in [4.78, 5) is 48.9. The Bertz CT molecular complexity index is 1270. The molecule has 5 heterocycles. The third-order valence-corrected chi connectivity index (χ3v) is 8.20. The molecule has 0 unspecified atom stereocenters. The van der Waals surface area contributed by atoms with Gasteiger partial charge in [0.15, 0.2) is 0 Å². The molecule has 6 rings (SSSR count). The topological polar surface area (TPSA) is 105 Å². The van der Waals surface area contributed by atoms with Crippen LogP contribution in [-0.4, -0.2) is 75.2 Å². The molecule has 3 aliphatic heterocycles. The molecule has 4 atom stereocenters. The van der Waals surface area contributed by atoms with Crippen LogP contribution in [0.15, 0.2) is 47.5 Å². The van der Waals surface area contributed by atoms with Gasteiger partial charge in [-0.25, -0.2) is 0 Å². The molecule has 2 saturated heterocycles. The molecule has 36 heavy (non-hydrogen) atoms. The van der Waals surface area contributed by atoms with E-state index in [0.29, 0.717) is 43.1 Å². The van der Waals surface area contributed by atoms with Gasteiger partial charge in [0.05, 0.1) is 31.2 Å². The number of amides is 2. The quantitative estimate of drug-likeness (QED) is 0.696. The molecule has 0 radical (unpaired) electrons. The molecular formula is C27H30N4O5. The fourth-order valence-electron chi connectivity index (χ4n) is 6.46. The van der Waals surface area contributed by atoms with E-state index in [9.17, 15) is 19.5 Å². The smallest absolute Gasteiger partial charge is 0.258 e. The lowest BCUT2D eigenvalue weighted by Crippen LogP contribution is -2.49. The lowest BCUT2D eigenvalue weighted by Gasteiger charge is -2.39. The molecule has 2 aromatic heterocycles. The molecule has 4 aliphatic rings. The number of hydrogen-bond donors (Lipinski definition) is 1. The molecule has 1 aliphatic carbocycles. The second kappa shape index (κ2) is 9.29. The molecule has 0 spiro atoms. The minimum absolute atomic E-state index is 0.0807. The normalized spacial score (nSPS) is 27.1. The Hall–Kier alpha value is -3.30. The number of hydrogen-bond acceptors (Lipinski definition) is 6. The first-order chi connectivity index (χ1) is 17.6. The van der Waals surface area contributed by atoms with E-state index >= 15 is 0 Å². The molecule has 0 aromatic carbocycles. The number of fused-ring (bicyclic) bond motifs is 4. The Morgan fingerprint density at radius 3 is 2.58 bits per heavy atom. The summed E-state index contributed by atoms with van der Waals surface area (Å²) in [5.41, 5.74) is 2.81. The molecule has 2 fully saturated rings. The second-order valence-electron chi connectivity index (χ2n) is 9.98. The van der Waals surface area contributed by atoms with E-state index in [1.54, 1.807) is 38.9 Å². The molecule has 0 saturated carbocycles. The van der Waals surface area contributed by atoms with Gasteiger partial charge in [0.2, 0.25) is 5.91 Å². The van der Waals surface area contributed by atoms with Gasteiger partial charge >= 0.3 is 0 Å². The van der Waals surface area contributed by atoms with Crippen molar-refractivity contribution in [1.82, 2.24) is 19.4 Å². The Morgan fingerprint density at radius 1 is 1.11 bits per heavy atom. The van der Waals surface area contributed by atoms with Crippen LogP contribution < -0.4 is 5.56 Å². The van der Waals surface area contributed by atoms with Gasteiger partial charge in [-0.2, -0.15) is 0 Å². The van der Waals surface area contributed by atoms with E-state index in [0.717, 1.165) is 24.8 Å². The van der Waals surface area contributed by atoms with Crippen molar-refractivity contribution in [2.45, 2.75) is 37.9 Å². The zero-order valence-electron chi connectivity index (χ0n) is 20.1. The van der Waals surface area contributed by atoms with Gasteiger partial charge in [-0.05, 0) is 49.1 Å². The average Bonchev–Trinajstić information content (AvgIpc) is 3.53. The zero-order chi connectivity index (χ0) is 24.8. The number of aromatic nitrogens is 2. The van der Waals surface area contributed by atoms with Crippen LogP contribution in [0.4, 0.5) is 0 Å².